The number of nitrogens with two attached hydrogens (primary N) is 1. The molecule has 20 heavy (non-hydrogen) atoms. The van der Waals surface area contributed by atoms with Gasteiger partial charge in [-0.3, -0.25) is 9.78 Å². The van der Waals surface area contributed by atoms with E-state index in [1.54, 1.807) is 12.1 Å². The van der Waals surface area contributed by atoms with Crippen LogP contribution >= 0.6 is 11.3 Å². The first-order valence-corrected chi connectivity index (χ1v) is 6.61. The van der Waals surface area contributed by atoms with E-state index in [-0.39, 0.29) is 11.4 Å². The number of aromatic nitrogens is 2. The Labute approximate surface area is 118 Å². The topological polar surface area (TPSA) is 118 Å². The minimum absolute atomic E-state index is 0.0601. The lowest BCUT2D eigenvalue weighted by Crippen LogP contribution is -2.13. The number of amides is 1. The molecule has 0 bridgehead atoms. The molecule has 2 aromatic rings. The first kappa shape index (κ1) is 13.9. The van der Waals surface area contributed by atoms with Crippen LogP contribution in [0, 0.1) is 0 Å². The summed E-state index contributed by atoms with van der Waals surface area (Å²) in [6.07, 6.45) is 2.08. The molecule has 4 N–H and O–H groups in total. The number of hydrogen-bond donors (Lipinski definition) is 3. The lowest BCUT2D eigenvalue weighted by molar-refractivity contribution is 0.0691. The zero-order chi connectivity index (χ0) is 14.5. The van der Waals surface area contributed by atoms with Crippen molar-refractivity contribution in [3.63, 3.8) is 0 Å². The van der Waals surface area contributed by atoms with Crippen LogP contribution in [0.1, 0.15) is 26.0 Å². The number of anilines is 1. The Balaban J connectivity index is 1.90. The first-order chi connectivity index (χ1) is 9.56. The van der Waals surface area contributed by atoms with Crippen molar-refractivity contribution in [1.82, 2.24) is 9.97 Å². The average molecular weight is 292 g/mol. The largest absolute Gasteiger partial charge is 0.476 e. The number of primary amides is 1. The van der Waals surface area contributed by atoms with Crippen molar-refractivity contribution in [2.24, 2.45) is 5.73 Å². The molecule has 7 nitrogen and oxygen atoms in total. The van der Waals surface area contributed by atoms with Crippen LogP contribution in [0.5, 0.6) is 0 Å². The van der Waals surface area contributed by atoms with Crippen molar-refractivity contribution in [2.45, 2.75) is 6.42 Å². The molecule has 0 aromatic carbocycles. The van der Waals surface area contributed by atoms with Crippen molar-refractivity contribution in [2.75, 3.05) is 11.9 Å². The highest BCUT2D eigenvalue weighted by molar-refractivity contribution is 7.09. The molecule has 0 saturated heterocycles. The van der Waals surface area contributed by atoms with E-state index in [1.165, 1.54) is 22.9 Å². The summed E-state index contributed by atoms with van der Waals surface area (Å²) in [6.45, 7) is 0.564. The summed E-state index contributed by atoms with van der Waals surface area (Å²) in [4.78, 5) is 29.5. The Bertz CT molecular complexity index is 641. The maximum Gasteiger partial charge on any atom is 0.355 e. The molecule has 0 aliphatic heterocycles. The van der Waals surface area contributed by atoms with E-state index in [2.05, 4.69) is 15.3 Å². The molecule has 8 heteroatoms. The number of carbonyl (C=O) groups is 2. The second-order valence-corrected chi connectivity index (χ2v) is 4.85. The van der Waals surface area contributed by atoms with Gasteiger partial charge in [-0.1, -0.05) is 0 Å². The number of nitrogens with one attached hydrogen (secondary N) is 1. The number of aromatic carboxylic acids is 1. The molecule has 0 atom stereocenters. The van der Waals surface area contributed by atoms with E-state index >= 15 is 0 Å². The van der Waals surface area contributed by atoms with Gasteiger partial charge in [0.1, 0.15) is 5.69 Å². The van der Waals surface area contributed by atoms with Gasteiger partial charge in [0.25, 0.3) is 5.91 Å². The number of carboxylic acids is 1. The fraction of sp³-hybridized carbons (Fsp3) is 0.167. The third kappa shape index (κ3) is 3.51. The van der Waals surface area contributed by atoms with Crippen molar-refractivity contribution >= 4 is 28.9 Å². The van der Waals surface area contributed by atoms with Gasteiger partial charge in [0.2, 0.25) is 0 Å². The van der Waals surface area contributed by atoms with Gasteiger partial charge < -0.3 is 16.2 Å². The maximum atomic E-state index is 11.0. The molecule has 2 rings (SSSR count). The summed E-state index contributed by atoms with van der Waals surface area (Å²) in [5.41, 5.74) is 6.12. The third-order valence-electron chi connectivity index (χ3n) is 2.45. The number of carboxylic acid groups (broad SMARTS) is 1. The number of hydrogen-bond acceptors (Lipinski definition) is 6. The number of pyridine rings is 1. The van der Waals surface area contributed by atoms with Crippen LogP contribution in [0.4, 0.5) is 5.69 Å². The SMILES string of the molecule is NC(=O)c1cc(NCCc2nc(C(=O)O)cs2)ccn1. The van der Waals surface area contributed by atoms with Gasteiger partial charge in [-0.25, -0.2) is 9.78 Å². The highest BCUT2D eigenvalue weighted by Crippen LogP contribution is 2.12. The number of nitrogens with zero attached hydrogens (tertiary/aromatic N) is 2. The second-order valence-electron chi connectivity index (χ2n) is 3.90. The van der Waals surface area contributed by atoms with E-state index in [4.69, 9.17) is 10.8 Å². The molecule has 0 aliphatic carbocycles. The van der Waals surface area contributed by atoms with Crippen molar-refractivity contribution in [3.8, 4) is 0 Å². The van der Waals surface area contributed by atoms with Crippen LogP contribution in [0.3, 0.4) is 0 Å². The summed E-state index contributed by atoms with van der Waals surface area (Å²) in [6, 6.07) is 3.28. The highest BCUT2D eigenvalue weighted by Gasteiger charge is 2.08. The molecule has 0 unspecified atom stereocenters. The summed E-state index contributed by atoms with van der Waals surface area (Å²) in [5.74, 6) is -1.61. The predicted molar refractivity (Wildman–Crippen MR) is 74.0 cm³/mol. The van der Waals surface area contributed by atoms with Crippen LogP contribution in [0.2, 0.25) is 0 Å². The van der Waals surface area contributed by atoms with E-state index in [0.717, 1.165) is 10.7 Å². The Morgan fingerprint density at radius 3 is 2.85 bits per heavy atom. The van der Waals surface area contributed by atoms with Gasteiger partial charge in [0.15, 0.2) is 5.69 Å². The normalized spacial score (nSPS) is 10.2. The highest BCUT2D eigenvalue weighted by atomic mass is 32.1. The third-order valence-corrected chi connectivity index (χ3v) is 3.36. The minimum Gasteiger partial charge on any atom is -0.476 e. The Morgan fingerprint density at radius 1 is 1.40 bits per heavy atom. The number of thiazole rings is 1. The maximum absolute atomic E-state index is 11.0. The fourth-order valence-corrected chi connectivity index (χ4v) is 2.29. The van der Waals surface area contributed by atoms with Crippen LogP contribution in [0.15, 0.2) is 23.7 Å². The lowest BCUT2D eigenvalue weighted by Gasteiger charge is -2.05. The average Bonchev–Trinajstić information content (AvgIpc) is 2.88. The number of carbonyl (C=O) groups excluding carboxylic acids is 1. The number of rotatable bonds is 6. The summed E-state index contributed by atoms with van der Waals surface area (Å²) >= 11 is 1.30. The molecular weight excluding hydrogens is 280 g/mol. The Hall–Kier alpha value is -2.48. The Kier molecular flexibility index (Phi) is 4.26. The lowest BCUT2D eigenvalue weighted by atomic mass is 10.3. The van der Waals surface area contributed by atoms with E-state index in [0.29, 0.717) is 13.0 Å². The van der Waals surface area contributed by atoms with E-state index in [9.17, 15) is 9.59 Å². The van der Waals surface area contributed by atoms with Crippen LogP contribution in [0.25, 0.3) is 0 Å². The van der Waals surface area contributed by atoms with Crippen molar-refractivity contribution in [1.29, 1.82) is 0 Å². The molecule has 2 aromatic heterocycles. The van der Waals surface area contributed by atoms with E-state index < -0.39 is 11.9 Å². The van der Waals surface area contributed by atoms with Gasteiger partial charge in [0.05, 0.1) is 5.01 Å². The summed E-state index contributed by atoms with van der Waals surface area (Å²) < 4.78 is 0. The van der Waals surface area contributed by atoms with Crippen LogP contribution < -0.4 is 11.1 Å². The van der Waals surface area contributed by atoms with Gasteiger partial charge in [0, 0.05) is 30.2 Å². The second kappa shape index (κ2) is 6.11. The predicted octanol–water partition coefficient (Wildman–Crippen LogP) is 0.990. The molecule has 0 aliphatic rings. The minimum atomic E-state index is -1.03. The van der Waals surface area contributed by atoms with Gasteiger partial charge in [-0.2, -0.15) is 0 Å². The standard InChI is InChI=1S/C12H12N4O3S/c13-11(17)8-5-7(1-3-15-8)14-4-2-10-16-9(6-20-10)12(18)19/h1,3,5-6H,2,4H2,(H2,13,17)(H,14,15)(H,18,19). The van der Waals surface area contributed by atoms with Crippen LogP contribution in [-0.4, -0.2) is 33.5 Å². The van der Waals surface area contributed by atoms with Gasteiger partial charge in [-0.05, 0) is 12.1 Å². The molecule has 0 fully saturated rings. The molecule has 2 heterocycles. The fourth-order valence-electron chi connectivity index (χ4n) is 1.51. The summed E-state index contributed by atoms with van der Waals surface area (Å²) in [5, 5.41) is 14.1. The van der Waals surface area contributed by atoms with E-state index in [1.807, 2.05) is 0 Å². The molecule has 0 radical (unpaired) electrons. The summed E-state index contributed by atoms with van der Waals surface area (Å²) in [7, 11) is 0. The molecular formula is C12H12N4O3S. The molecule has 0 spiro atoms. The van der Waals surface area contributed by atoms with Crippen LogP contribution in [-0.2, 0) is 6.42 Å². The van der Waals surface area contributed by atoms with Gasteiger partial charge >= 0.3 is 5.97 Å². The monoisotopic (exact) mass is 292 g/mol. The Morgan fingerprint density at radius 2 is 2.20 bits per heavy atom. The van der Waals surface area contributed by atoms with Gasteiger partial charge in [-0.15, -0.1) is 11.3 Å². The zero-order valence-electron chi connectivity index (χ0n) is 10.4. The first-order valence-electron chi connectivity index (χ1n) is 5.73. The molecule has 1 amide bonds. The van der Waals surface area contributed by atoms with Crippen molar-refractivity contribution in [3.05, 3.63) is 40.1 Å². The molecule has 0 saturated carbocycles. The van der Waals surface area contributed by atoms with Crippen molar-refractivity contribution < 1.29 is 14.7 Å². The quantitative estimate of drug-likeness (QED) is 0.730. The molecule has 104 valence electrons. The zero-order valence-corrected chi connectivity index (χ0v) is 11.2. The smallest absolute Gasteiger partial charge is 0.355 e.